The lowest BCUT2D eigenvalue weighted by molar-refractivity contribution is -0.186. The van der Waals surface area contributed by atoms with Gasteiger partial charge in [0.25, 0.3) is 0 Å². The van der Waals surface area contributed by atoms with E-state index in [2.05, 4.69) is 30.9 Å². The summed E-state index contributed by atoms with van der Waals surface area (Å²) in [6, 6.07) is 8.14. The van der Waals surface area contributed by atoms with Gasteiger partial charge in [-0.15, -0.1) is 0 Å². The van der Waals surface area contributed by atoms with Gasteiger partial charge in [-0.2, -0.15) is 0 Å². The number of esters is 1. The van der Waals surface area contributed by atoms with Gasteiger partial charge in [0.1, 0.15) is 5.41 Å². The molecule has 0 amide bonds. The van der Waals surface area contributed by atoms with Gasteiger partial charge in [-0.1, -0.05) is 36.8 Å². The number of piperidine rings is 2. The van der Waals surface area contributed by atoms with E-state index < -0.39 is 16.2 Å². The second-order valence-electron chi connectivity index (χ2n) is 9.21. The fraction of sp³-hybridized carbons (Fsp3) is 0.565. The zero-order chi connectivity index (χ0) is 19.9. The molecule has 148 valence electrons. The summed E-state index contributed by atoms with van der Waals surface area (Å²) in [6.07, 6.45) is 3.66. The van der Waals surface area contributed by atoms with E-state index in [0.29, 0.717) is 0 Å². The summed E-state index contributed by atoms with van der Waals surface area (Å²) in [6.45, 7) is 7.90. The number of benzene rings is 1. The first-order valence-corrected chi connectivity index (χ1v) is 10.1. The number of allylic oxidation sites excluding steroid dienone is 1. The molecular weight excluding hydrogens is 352 g/mol. The molecule has 4 unspecified atom stereocenters. The monoisotopic (exact) mass is 380 g/mol. The van der Waals surface area contributed by atoms with Gasteiger partial charge >= 0.3 is 5.97 Å². The lowest BCUT2D eigenvalue weighted by Crippen LogP contribution is -2.81. The van der Waals surface area contributed by atoms with Gasteiger partial charge in [0.2, 0.25) is 0 Å². The van der Waals surface area contributed by atoms with Gasteiger partial charge in [0.15, 0.2) is 0 Å². The summed E-state index contributed by atoms with van der Waals surface area (Å²) < 4.78 is 5.44. The van der Waals surface area contributed by atoms with Crippen molar-refractivity contribution in [3.05, 3.63) is 41.5 Å². The maximum atomic E-state index is 13.6. The zero-order valence-corrected chi connectivity index (χ0v) is 17.1. The molecule has 2 saturated heterocycles. The van der Waals surface area contributed by atoms with E-state index in [-0.39, 0.29) is 18.1 Å². The molecule has 1 aliphatic carbocycles. The van der Waals surface area contributed by atoms with Crippen LogP contribution in [0.15, 0.2) is 40.9 Å². The van der Waals surface area contributed by atoms with Crippen molar-refractivity contribution in [1.82, 2.24) is 4.90 Å². The lowest BCUT2D eigenvalue weighted by Gasteiger charge is -2.72. The van der Waals surface area contributed by atoms with Crippen LogP contribution in [0.5, 0.6) is 0 Å². The second kappa shape index (κ2) is 5.33. The Labute approximate surface area is 166 Å². The third-order valence-electron chi connectivity index (χ3n) is 8.52. The highest BCUT2D eigenvalue weighted by Gasteiger charge is 2.80. The Kier molecular flexibility index (Phi) is 3.44. The number of fused-ring (bicyclic) bond motifs is 2. The van der Waals surface area contributed by atoms with Gasteiger partial charge in [-0.3, -0.25) is 14.7 Å². The predicted octanol–water partition coefficient (Wildman–Crippen LogP) is 3.00. The minimum Gasteiger partial charge on any atom is -0.468 e. The number of methoxy groups -OCH3 is 1. The van der Waals surface area contributed by atoms with Crippen LogP contribution < -0.4 is 0 Å². The Balaban J connectivity index is 1.95. The number of hydrogen-bond donors (Lipinski definition) is 1. The fourth-order valence-corrected chi connectivity index (χ4v) is 7.34. The van der Waals surface area contributed by atoms with Gasteiger partial charge in [-0.25, -0.2) is 0 Å². The molecule has 1 N–H and O–H groups in total. The number of hydrogen-bond acceptors (Lipinski definition) is 5. The maximum absolute atomic E-state index is 13.6. The number of nitrogens with zero attached hydrogens (tertiary/aromatic N) is 2. The molecule has 5 heteroatoms. The number of rotatable bonds is 2. The Hall–Kier alpha value is -1.98. The van der Waals surface area contributed by atoms with Crippen LogP contribution >= 0.6 is 0 Å². The third kappa shape index (κ3) is 1.57. The topological polar surface area (TPSA) is 62.1 Å². The molecule has 0 aromatic heterocycles. The largest absolute Gasteiger partial charge is 0.468 e. The van der Waals surface area contributed by atoms with Crippen LogP contribution in [0.4, 0.5) is 5.69 Å². The molecule has 5 rings (SSSR count). The standard InChI is InChI=1S/C23H28N2O3/c1-5-15-12-25-11-10-22-16-8-6-7-9-17(16)24-18(22)21(25,3)13-20(15,2)23(22,14-26)19(27)28-4/h5-9,26H,10-14H2,1-4H3. The van der Waals surface area contributed by atoms with Crippen molar-refractivity contribution in [3.63, 3.8) is 0 Å². The average molecular weight is 380 g/mol. The molecule has 3 aliphatic heterocycles. The number of carbonyl (C=O) groups is 1. The highest BCUT2D eigenvalue weighted by molar-refractivity contribution is 6.13. The van der Waals surface area contributed by atoms with Gasteiger partial charge in [0, 0.05) is 18.5 Å². The Morgan fingerprint density at radius 2 is 2.11 bits per heavy atom. The number of aliphatic hydroxyl groups excluding tert-OH is 1. The van der Waals surface area contributed by atoms with Crippen LogP contribution in [0.25, 0.3) is 0 Å². The average Bonchev–Trinajstić information content (AvgIpc) is 3.04. The Morgan fingerprint density at radius 3 is 2.79 bits per heavy atom. The molecule has 3 heterocycles. The quantitative estimate of drug-likeness (QED) is 0.633. The summed E-state index contributed by atoms with van der Waals surface area (Å²) in [5, 5.41) is 11.0. The molecule has 1 aromatic rings. The molecule has 5 nitrogen and oxygen atoms in total. The van der Waals surface area contributed by atoms with Gasteiger partial charge in [-0.05, 0) is 38.3 Å². The molecule has 1 aromatic carbocycles. The highest BCUT2D eigenvalue weighted by atomic mass is 16.5. The van der Waals surface area contributed by atoms with Crippen molar-refractivity contribution in [2.45, 2.75) is 44.6 Å². The molecule has 3 fully saturated rings. The summed E-state index contributed by atoms with van der Waals surface area (Å²) in [5.41, 5.74) is 1.79. The van der Waals surface area contributed by atoms with Crippen molar-refractivity contribution in [3.8, 4) is 0 Å². The smallest absolute Gasteiger partial charge is 0.316 e. The van der Waals surface area contributed by atoms with Crippen molar-refractivity contribution in [2.75, 3.05) is 26.8 Å². The van der Waals surface area contributed by atoms with E-state index >= 15 is 0 Å². The molecule has 0 radical (unpaired) electrons. The molecule has 0 spiro atoms. The molecule has 3 bridgehead atoms. The first-order chi connectivity index (χ1) is 13.4. The summed E-state index contributed by atoms with van der Waals surface area (Å²) in [4.78, 5) is 21.3. The first kappa shape index (κ1) is 18.1. The summed E-state index contributed by atoms with van der Waals surface area (Å²) >= 11 is 0. The van der Waals surface area contributed by atoms with Crippen molar-refractivity contribution in [1.29, 1.82) is 0 Å². The number of aliphatic hydroxyl groups is 1. The summed E-state index contributed by atoms with van der Waals surface area (Å²) in [5.74, 6) is -0.321. The molecule has 28 heavy (non-hydrogen) atoms. The van der Waals surface area contributed by atoms with Crippen LogP contribution in [-0.2, 0) is 14.9 Å². The predicted molar refractivity (Wildman–Crippen MR) is 108 cm³/mol. The third-order valence-corrected chi connectivity index (χ3v) is 8.52. The number of carbonyl (C=O) groups excluding carboxylic acids is 1. The second-order valence-corrected chi connectivity index (χ2v) is 9.21. The normalized spacial score (nSPS) is 42.2. The van der Waals surface area contributed by atoms with E-state index in [1.807, 2.05) is 25.1 Å². The van der Waals surface area contributed by atoms with Crippen LogP contribution in [-0.4, -0.2) is 54.0 Å². The van der Waals surface area contributed by atoms with E-state index in [0.717, 1.165) is 42.9 Å². The molecule has 4 aliphatic rings. The van der Waals surface area contributed by atoms with Gasteiger partial charge < -0.3 is 9.84 Å². The van der Waals surface area contributed by atoms with E-state index in [9.17, 15) is 9.90 Å². The van der Waals surface area contributed by atoms with Crippen LogP contribution in [0.2, 0.25) is 0 Å². The molecule has 4 atom stereocenters. The van der Waals surface area contributed by atoms with Crippen molar-refractivity contribution in [2.24, 2.45) is 15.8 Å². The maximum Gasteiger partial charge on any atom is 0.316 e. The Bertz CT molecular complexity index is 953. The number of para-hydroxylation sites is 1. The SMILES string of the molecule is CC=C1CN2CCC34C(=Nc5ccccc53)C2(C)CC1(C)C4(CO)C(=O)OC. The van der Waals surface area contributed by atoms with Crippen molar-refractivity contribution < 1.29 is 14.6 Å². The van der Waals surface area contributed by atoms with Crippen LogP contribution in [0.1, 0.15) is 39.2 Å². The summed E-state index contributed by atoms with van der Waals surface area (Å²) in [7, 11) is 1.44. The minimum atomic E-state index is -1.09. The Morgan fingerprint density at radius 1 is 1.36 bits per heavy atom. The molecule has 1 saturated carbocycles. The van der Waals surface area contributed by atoms with E-state index in [1.165, 1.54) is 12.7 Å². The van der Waals surface area contributed by atoms with Crippen molar-refractivity contribution >= 4 is 17.4 Å². The first-order valence-electron chi connectivity index (χ1n) is 10.1. The molecular formula is C23H28N2O3. The lowest BCUT2D eigenvalue weighted by atomic mass is 9.36. The zero-order valence-electron chi connectivity index (χ0n) is 17.1. The highest BCUT2D eigenvalue weighted by Crippen LogP contribution is 2.72. The van der Waals surface area contributed by atoms with Crippen LogP contribution in [0, 0.1) is 10.8 Å². The fourth-order valence-electron chi connectivity index (χ4n) is 7.34. The number of aliphatic imine (C=N–C) groups is 1. The van der Waals surface area contributed by atoms with Gasteiger partial charge in [0.05, 0.1) is 36.1 Å². The van der Waals surface area contributed by atoms with Crippen LogP contribution in [0.3, 0.4) is 0 Å². The van der Waals surface area contributed by atoms with E-state index in [4.69, 9.17) is 9.73 Å². The van der Waals surface area contributed by atoms with E-state index in [1.54, 1.807) is 0 Å². The number of ether oxygens (including phenoxy) is 1. The minimum absolute atomic E-state index is 0.231.